The summed E-state index contributed by atoms with van der Waals surface area (Å²) in [6.45, 7) is 2.08. The maximum atomic E-state index is 5.38. The van der Waals surface area contributed by atoms with Crippen LogP contribution in [0.15, 0.2) is 12.1 Å². The van der Waals surface area contributed by atoms with Gasteiger partial charge in [0.05, 0.1) is 18.5 Å². The molecule has 1 aromatic rings. The van der Waals surface area contributed by atoms with Crippen LogP contribution in [-0.4, -0.2) is 28.3 Å². The zero-order valence-corrected chi connectivity index (χ0v) is 9.51. The van der Waals surface area contributed by atoms with Crippen molar-refractivity contribution in [1.29, 1.82) is 0 Å². The van der Waals surface area contributed by atoms with E-state index in [2.05, 4.69) is 24.4 Å². The van der Waals surface area contributed by atoms with Crippen molar-refractivity contribution in [1.82, 2.24) is 0 Å². The fourth-order valence-corrected chi connectivity index (χ4v) is 1.49. The third-order valence-corrected chi connectivity index (χ3v) is 2.17. The second kappa shape index (κ2) is 4.22. The molecule has 1 rings (SSSR count). The Balaban J connectivity index is 3.31. The summed E-state index contributed by atoms with van der Waals surface area (Å²) in [7, 11) is 7.61. The maximum absolute atomic E-state index is 5.38. The van der Waals surface area contributed by atoms with Gasteiger partial charge in [0.2, 0.25) is 0 Å². The van der Waals surface area contributed by atoms with Crippen LogP contribution in [0.3, 0.4) is 0 Å². The van der Waals surface area contributed by atoms with Crippen LogP contribution >= 0.6 is 0 Å². The van der Waals surface area contributed by atoms with Gasteiger partial charge in [-0.2, -0.15) is 0 Å². The van der Waals surface area contributed by atoms with Crippen LogP contribution in [0, 0.1) is 6.92 Å². The predicted molar refractivity (Wildman–Crippen MR) is 61.6 cm³/mol. The molecule has 0 amide bonds. The van der Waals surface area contributed by atoms with Crippen LogP contribution in [0.5, 0.6) is 5.75 Å². The number of benzene rings is 1. The summed E-state index contributed by atoms with van der Waals surface area (Å²) in [4.78, 5) is 2.05. The molecule has 14 heavy (non-hydrogen) atoms. The van der Waals surface area contributed by atoms with E-state index in [4.69, 9.17) is 4.74 Å². The van der Waals surface area contributed by atoms with Crippen molar-refractivity contribution in [2.24, 2.45) is 0 Å². The minimum absolute atomic E-state index is 0.892. The van der Waals surface area contributed by atoms with Gasteiger partial charge in [-0.15, -0.1) is 0 Å². The molecule has 3 nitrogen and oxygen atoms in total. The van der Waals surface area contributed by atoms with Crippen molar-refractivity contribution in [3.63, 3.8) is 0 Å². The van der Waals surface area contributed by atoms with E-state index in [0.29, 0.717) is 0 Å². The average Bonchev–Trinajstić information content (AvgIpc) is 2.16. The van der Waals surface area contributed by atoms with Crippen LogP contribution in [0.2, 0.25) is 0 Å². The lowest BCUT2D eigenvalue weighted by atomic mass is 10.1. The van der Waals surface area contributed by atoms with E-state index in [-0.39, 0.29) is 0 Å². The van der Waals surface area contributed by atoms with Crippen molar-refractivity contribution >= 4 is 11.4 Å². The molecule has 0 spiro atoms. The Morgan fingerprint density at radius 2 is 1.93 bits per heavy atom. The highest BCUT2D eigenvalue weighted by molar-refractivity contribution is 5.73. The van der Waals surface area contributed by atoms with Gasteiger partial charge in [-0.25, -0.2) is 0 Å². The fraction of sp³-hybridized carbons (Fsp3) is 0.455. The summed E-state index contributed by atoms with van der Waals surface area (Å²) < 4.78 is 5.38. The quantitative estimate of drug-likeness (QED) is 0.797. The maximum Gasteiger partial charge on any atom is 0.165 e. The summed E-state index contributed by atoms with van der Waals surface area (Å²) in [5.41, 5.74) is 3.34. The second-order valence-corrected chi connectivity index (χ2v) is 3.51. The molecule has 0 bridgehead atoms. The topological polar surface area (TPSA) is 24.5 Å². The van der Waals surface area contributed by atoms with Crippen molar-refractivity contribution in [2.45, 2.75) is 6.92 Å². The Hall–Kier alpha value is -1.38. The molecule has 0 saturated carbocycles. The van der Waals surface area contributed by atoms with Crippen molar-refractivity contribution in [3.05, 3.63) is 17.7 Å². The normalized spacial score (nSPS) is 9.79. The first-order valence-electron chi connectivity index (χ1n) is 4.64. The van der Waals surface area contributed by atoms with Gasteiger partial charge in [-0.1, -0.05) is 0 Å². The number of rotatable bonds is 3. The molecule has 0 aliphatic heterocycles. The van der Waals surface area contributed by atoms with E-state index >= 15 is 0 Å². The van der Waals surface area contributed by atoms with Crippen LogP contribution in [0.4, 0.5) is 11.4 Å². The number of hydrogen-bond donors (Lipinski definition) is 1. The Labute approximate surface area is 85.7 Å². The van der Waals surface area contributed by atoms with Crippen molar-refractivity contribution in [2.75, 3.05) is 38.5 Å². The van der Waals surface area contributed by atoms with Crippen LogP contribution in [-0.2, 0) is 0 Å². The molecular weight excluding hydrogens is 176 g/mol. The Morgan fingerprint density at radius 1 is 1.29 bits per heavy atom. The first-order valence-corrected chi connectivity index (χ1v) is 4.64. The van der Waals surface area contributed by atoms with Gasteiger partial charge in [0, 0.05) is 21.1 Å². The Kier molecular flexibility index (Phi) is 3.23. The molecule has 0 saturated heterocycles. The van der Waals surface area contributed by atoms with Gasteiger partial charge >= 0.3 is 0 Å². The van der Waals surface area contributed by atoms with Crippen LogP contribution in [0.25, 0.3) is 0 Å². The average molecular weight is 194 g/mol. The highest BCUT2D eigenvalue weighted by Crippen LogP contribution is 2.35. The van der Waals surface area contributed by atoms with Gasteiger partial charge in [0.25, 0.3) is 0 Å². The molecule has 0 unspecified atom stereocenters. The molecular formula is C11H18N2O. The molecule has 0 atom stereocenters. The van der Waals surface area contributed by atoms with Crippen molar-refractivity contribution < 1.29 is 4.74 Å². The summed E-state index contributed by atoms with van der Waals surface area (Å²) >= 11 is 0. The lowest BCUT2D eigenvalue weighted by Gasteiger charge is -2.20. The number of nitrogens with one attached hydrogen (secondary N) is 1. The lowest BCUT2D eigenvalue weighted by molar-refractivity contribution is 0.417. The standard InChI is InChI=1S/C11H18N2O/c1-8-6-9(12-2)11(14-5)10(7-8)13(3)4/h6-7,12H,1-5H3. The highest BCUT2D eigenvalue weighted by Gasteiger charge is 2.10. The van der Waals surface area contributed by atoms with E-state index in [1.807, 2.05) is 26.0 Å². The largest absolute Gasteiger partial charge is 0.492 e. The molecule has 0 aliphatic carbocycles. The third kappa shape index (κ3) is 1.92. The smallest absolute Gasteiger partial charge is 0.165 e. The highest BCUT2D eigenvalue weighted by atomic mass is 16.5. The predicted octanol–water partition coefficient (Wildman–Crippen LogP) is 2.11. The number of methoxy groups -OCH3 is 1. The fourth-order valence-electron chi connectivity index (χ4n) is 1.49. The Morgan fingerprint density at radius 3 is 2.36 bits per heavy atom. The minimum Gasteiger partial charge on any atom is -0.492 e. The number of anilines is 2. The molecule has 3 heteroatoms. The molecule has 0 radical (unpaired) electrons. The van der Waals surface area contributed by atoms with Crippen LogP contribution < -0.4 is 15.0 Å². The van der Waals surface area contributed by atoms with Gasteiger partial charge < -0.3 is 15.0 Å². The number of ether oxygens (including phenoxy) is 1. The number of hydrogen-bond acceptors (Lipinski definition) is 3. The molecule has 1 N–H and O–H groups in total. The monoisotopic (exact) mass is 194 g/mol. The van der Waals surface area contributed by atoms with E-state index in [9.17, 15) is 0 Å². The lowest BCUT2D eigenvalue weighted by Crippen LogP contribution is -2.11. The van der Waals surface area contributed by atoms with E-state index in [1.54, 1.807) is 7.11 Å². The number of aryl methyl sites for hydroxylation is 1. The SMILES string of the molecule is CNc1cc(C)cc(N(C)C)c1OC. The van der Waals surface area contributed by atoms with Gasteiger partial charge in [0.15, 0.2) is 5.75 Å². The first kappa shape index (κ1) is 10.7. The van der Waals surface area contributed by atoms with E-state index in [1.165, 1.54) is 5.56 Å². The Bertz CT molecular complexity index is 321. The number of nitrogens with zero attached hydrogens (tertiary/aromatic N) is 1. The third-order valence-electron chi connectivity index (χ3n) is 2.17. The van der Waals surface area contributed by atoms with E-state index < -0.39 is 0 Å². The minimum atomic E-state index is 0.892. The summed E-state index contributed by atoms with van der Waals surface area (Å²) in [5, 5.41) is 3.13. The van der Waals surface area contributed by atoms with Gasteiger partial charge in [-0.3, -0.25) is 0 Å². The zero-order valence-electron chi connectivity index (χ0n) is 9.51. The second-order valence-electron chi connectivity index (χ2n) is 3.51. The summed E-state index contributed by atoms with van der Waals surface area (Å²) in [6, 6.07) is 4.19. The summed E-state index contributed by atoms with van der Waals surface area (Å²) in [5.74, 6) is 0.892. The first-order chi connectivity index (χ1) is 6.60. The van der Waals surface area contributed by atoms with Gasteiger partial charge in [-0.05, 0) is 24.6 Å². The van der Waals surface area contributed by atoms with Crippen molar-refractivity contribution in [3.8, 4) is 5.75 Å². The zero-order chi connectivity index (χ0) is 10.7. The molecule has 0 heterocycles. The molecule has 0 aliphatic rings. The molecule has 0 fully saturated rings. The van der Waals surface area contributed by atoms with Gasteiger partial charge in [0.1, 0.15) is 0 Å². The molecule has 1 aromatic carbocycles. The molecule has 0 aromatic heterocycles. The van der Waals surface area contributed by atoms with Crippen LogP contribution in [0.1, 0.15) is 5.56 Å². The summed E-state index contributed by atoms with van der Waals surface area (Å²) in [6.07, 6.45) is 0. The van der Waals surface area contributed by atoms with E-state index in [0.717, 1.165) is 17.1 Å². The molecule has 78 valence electrons.